The molecule has 1 aliphatic rings. The van der Waals surface area contributed by atoms with Gasteiger partial charge in [0.05, 0.1) is 23.3 Å². The van der Waals surface area contributed by atoms with Crippen LogP contribution in [0.25, 0.3) is 11.1 Å². The van der Waals surface area contributed by atoms with Crippen LogP contribution in [0.3, 0.4) is 0 Å². The quantitative estimate of drug-likeness (QED) is 0.484. The highest BCUT2D eigenvalue weighted by atomic mass is 15.2. The van der Waals surface area contributed by atoms with Gasteiger partial charge in [-0.3, -0.25) is 5.10 Å². The number of aromatic nitrogens is 2. The predicted octanol–water partition coefficient (Wildman–Crippen LogP) is 4.54. The maximum atomic E-state index is 6.35. The zero-order valence-electron chi connectivity index (χ0n) is 13.9. The van der Waals surface area contributed by atoms with Crippen LogP contribution in [-0.2, 0) is 12.8 Å². The molecular weight excluding hydrogens is 312 g/mol. The molecule has 2 aromatic carbocycles. The summed E-state index contributed by atoms with van der Waals surface area (Å²) in [5.74, 6) is 0.594. The van der Waals surface area contributed by atoms with Crippen molar-refractivity contribution in [3.63, 3.8) is 0 Å². The number of nitrogens with zero attached hydrogens (tertiary/aromatic N) is 3. The molecule has 0 bridgehead atoms. The Balaban J connectivity index is 1.88. The molecule has 0 unspecified atom stereocenters. The maximum Gasteiger partial charge on any atom is 0.170 e. The number of rotatable bonds is 3. The Morgan fingerprint density at radius 2 is 1.84 bits per heavy atom. The van der Waals surface area contributed by atoms with Gasteiger partial charge in [-0.2, -0.15) is 5.10 Å². The molecule has 0 fully saturated rings. The number of hydrogen-bond acceptors (Lipinski definition) is 5. The molecule has 1 heterocycles. The number of anilines is 2. The van der Waals surface area contributed by atoms with Crippen molar-refractivity contribution in [3.05, 3.63) is 53.7 Å². The van der Waals surface area contributed by atoms with Crippen molar-refractivity contribution in [2.45, 2.75) is 25.7 Å². The van der Waals surface area contributed by atoms with Crippen molar-refractivity contribution in [1.29, 1.82) is 0 Å². The number of aryl methyl sites for hydroxylation is 1. The third kappa shape index (κ3) is 2.87. The van der Waals surface area contributed by atoms with Gasteiger partial charge in [-0.15, -0.1) is 10.2 Å². The fraction of sp³-hybridized carbons (Fsp3) is 0.211. The number of nitrogen functional groups attached to an aromatic ring is 2. The molecule has 6 nitrogen and oxygen atoms in total. The van der Waals surface area contributed by atoms with Crippen LogP contribution in [0, 0.1) is 0 Å². The van der Waals surface area contributed by atoms with Gasteiger partial charge in [0.2, 0.25) is 0 Å². The summed E-state index contributed by atoms with van der Waals surface area (Å²) in [6.07, 6.45) is 6.22. The zero-order chi connectivity index (χ0) is 17.2. The van der Waals surface area contributed by atoms with Crippen molar-refractivity contribution in [1.82, 2.24) is 10.2 Å². The van der Waals surface area contributed by atoms with Crippen LogP contribution in [0.4, 0.5) is 22.9 Å². The van der Waals surface area contributed by atoms with E-state index in [0.29, 0.717) is 22.9 Å². The second kappa shape index (κ2) is 6.39. The molecule has 126 valence electrons. The highest BCUT2D eigenvalue weighted by Gasteiger charge is 2.19. The second-order valence-electron chi connectivity index (χ2n) is 6.25. The molecule has 1 aromatic heterocycles. The summed E-state index contributed by atoms with van der Waals surface area (Å²) < 4.78 is 0. The highest BCUT2D eigenvalue weighted by molar-refractivity contribution is 5.93. The minimum atomic E-state index is 0.556. The van der Waals surface area contributed by atoms with E-state index < -0.39 is 0 Å². The van der Waals surface area contributed by atoms with E-state index in [-0.39, 0.29) is 0 Å². The largest absolute Gasteiger partial charge is 0.397 e. The number of nitrogens with one attached hydrogen (secondary N) is 1. The van der Waals surface area contributed by atoms with Gasteiger partial charge < -0.3 is 11.5 Å². The number of hydrogen-bond donors (Lipinski definition) is 3. The van der Waals surface area contributed by atoms with E-state index in [2.05, 4.69) is 38.6 Å². The first kappa shape index (κ1) is 15.4. The van der Waals surface area contributed by atoms with Crippen molar-refractivity contribution in [3.8, 4) is 11.1 Å². The Kier molecular flexibility index (Phi) is 3.93. The summed E-state index contributed by atoms with van der Waals surface area (Å²) in [6, 6.07) is 11.8. The standard InChI is InChI=1S/C19H20N6/c20-15-8-9-16(23-25-17-10-11-22-24-17)18(19(15)21)14-7-3-5-12-4-1-2-6-13(12)14/h3,5,7-11H,1-2,4,6,20-21H2,(H,22,24). The van der Waals surface area contributed by atoms with Gasteiger partial charge in [-0.25, -0.2) is 0 Å². The third-order valence-electron chi connectivity index (χ3n) is 4.67. The summed E-state index contributed by atoms with van der Waals surface area (Å²) in [5, 5.41) is 15.3. The first-order valence-electron chi connectivity index (χ1n) is 8.44. The molecular formula is C19H20N6. The van der Waals surface area contributed by atoms with E-state index in [4.69, 9.17) is 11.5 Å². The summed E-state index contributed by atoms with van der Waals surface area (Å²) in [7, 11) is 0. The molecule has 0 spiro atoms. The van der Waals surface area contributed by atoms with E-state index in [0.717, 1.165) is 24.0 Å². The number of aromatic amines is 1. The number of azo groups is 1. The van der Waals surface area contributed by atoms with E-state index in [1.807, 2.05) is 6.07 Å². The molecule has 3 aromatic rings. The Morgan fingerprint density at radius 1 is 0.960 bits per heavy atom. The molecule has 0 radical (unpaired) electrons. The van der Waals surface area contributed by atoms with Gasteiger partial charge in [-0.05, 0) is 54.5 Å². The number of benzene rings is 2. The van der Waals surface area contributed by atoms with Gasteiger partial charge in [0.15, 0.2) is 5.82 Å². The van der Waals surface area contributed by atoms with Crippen LogP contribution >= 0.6 is 0 Å². The van der Waals surface area contributed by atoms with Crippen LogP contribution in [-0.4, -0.2) is 10.2 Å². The Bertz CT molecular complexity index is 927. The minimum Gasteiger partial charge on any atom is -0.397 e. The van der Waals surface area contributed by atoms with Gasteiger partial charge in [0, 0.05) is 11.6 Å². The smallest absolute Gasteiger partial charge is 0.170 e. The normalized spacial score (nSPS) is 13.9. The summed E-state index contributed by atoms with van der Waals surface area (Å²) in [5.41, 5.74) is 19.0. The lowest BCUT2D eigenvalue weighted by atomic mass is 9.85. The lowest BCUT2D eigenvalue weighted by molar-refractivity contribution is 0.687. The minimum absolute atomic E-state index is 0.556. The molecule has 0 amide bonds. The van der Waals surface area contributed by atoms with Crippen molar-refractivity contribution >= 4 is 22.9 Å². The Hall–Kier alpha value is -3.15. The van der Waals surface area contributed by atoms with Gasteiger partial charge in [-0.1, -0.05) is 18.2 Å². The van der Waals surface area contributed by atoms with Crippen LogP contribution in [0.15, 0.2) is 52.8 Å². The Morgan fingerprint density at radius 3 is 2.68 bits per heavy atom. The van der Waals surface area contributed by atoms with Crippen molar-refractivity contribution in [2.75, 3.05) is 11.5 Å². The molecule has 6 heteroatoms. The van der Waals surface area contributed by atoms with E-state index in [1.165, 1.54) is 24.0 Å². The molecule has 0 aliphatic heterocycles. The zero-order valence-corrected chi connectivity index (χ0v) is 13.9. The van der Waals surface area contributed by atoms with Gasteiger partial charge in [0.25, 0.3) is 0 Å². The SMILES string of the molecule is Nc1ccc(N=Nc2ccn[nH]2)c(-c2cccc3c2CCCC3)c1N. The second-order valence-corrected chi connectivity index (χ2v) is 6.25. The van der Waals surface area contributed by atoms with Crippen LogP contribution in [0.1, 0.15) is 24.0 Å². The van der Waals surface area contributed by atoms with E-state index in [1.54, 1.807) is 18.3 Å². The fourth-order valence-electron chi connectivity index (χ4n) is 3.42. The topological polar surface area (TPSA) is 105 Å². The number of H-pyrrole nitrogens is 1. The summed E-state index contributed by atoms with van der Waals surface area (Å²) >= 11 is 0. The molecule has 4 rings (SSSR count). The van der Waals surface area contributed by atoms with E-state index >= 15 is 0 Å². The third-order valence-corrected chi connectivity index (χ3v) is 4.67. The van der Waals surface area contributed by atoms with Gasteiger partial charge in [0.1, 0.15) is 0 Å². The number of fused-ring (bicyclic) bond motifs is 1. The molecule has 25 heavy (non-hydrogen) atoms. The first-order chi connectivity index (χ1) is 12.2. The van der Waals surface area contributed by atoms with Crippen LogP contribution in [0.2, 0.25) is 0 Å². The molecule has 0 saturated heterocycles. The molecule has 1 aliphatic carbocycles. The van der Waals surface area contributed by atoms with Crippen LogP contribution in [0.5, 0.6) is 0 Å². The average molecular weight is 332 g/mol. The highest BCUT2D eigenvalue weighted by Crippen LogP contribution is 2.42. The summed E-state index contributed by atoms with van der Waals surface area (Å²) in [6.45, 7) is 0. The monoisotopic (exact) mass is 332 g/mol. The van der Waals surface area contributed by atoms with Gasteiger partial charge >= 0.3 is 0 Å². The van der Waals surface area contributed by atoms with E-state index in [9.17, 15) is 0 Å². The summed E-state index contributed by atoms with van der Waals surface area (Å²) in [4.78, 5) is 0. The molecule has 0 atom stereocenters. The predicted molar refractivity (Wildman–Crippen MR) is 100 cm³/mol. The fourth-order valence-corrected chi connectivity index (χ4v) is 3.42. The first-order valence-corrected chi connectivity index (χ1v) is 8.44. The lowest BCUT2D eigenvalue weighted by Crippen LogP contribution is -2.06. The molecule has 0 saturated carbocycles. The Labute approximate surface area is 146 Å². The average Bonchev–Trinajstić information content (AvgIpc) is 3.16. The lowest BCUT2D eigenvalue weighted by Gasteiger charge is -2.21. The number of nitrogens with two attached hydrogens (primary N) is 2. The molecule has 5 N–H and O–H groups in total. The van der Waals surface area contributed by atoms with Crippen molar-refractivity contribution < 1.29 is 0 Å². The maximum absolute atomic E-state index is 6.35. The van der Waals surface area contributed by atoms with Crippen molar-refractivity contribution in [2.24, 2.45) is 10.2 Å². The van der Waals surface area contributed by atoms with Crippen LogP contribution < -0.4 is 11.5 Å².